The Bertz CT molecular complexity index is 811. The lowest BCUT2D eigenvalue weighted by atomic mass is 10.1. The molecule has 0 unspecified atom stereocenters. The summed E-state index contributed by atoms with van der Waals surface area (Å²) in [4.78, 5) is 1.92. The summed E-state index contributed by atoms with van der Waals surface area (Å²) in [5, 5.41) is 0. The first-order chi connectivity index (χ1) is 13.9. The van der Waals surface area contributed by atoms with Crippen molar-refractivity contribution in [3.05, 3.63) is 65.5 Å². The predicted molar refractivity (Wildman–Crippen MR) is 97.0 cm³/mol. The second kappa shape index (κ2) is 8.30. The van der Waals surface area contributed by atoms with E-state index in [-0.39, 0.29) is 36.2 Å². The van der Waals surface area contributed by atoms with Crippen molar-refractivity contribution in [1.29, 1.82) is 0 Å². The van der Waals surface area contributed by atoms with Gasteiger partial charge in [0.05, 0.1) is 31.0 Å². The van der Waals surface area contributed by atoms with Gasteiger partial charge in [-0.3, -0.25) is 4.90 Å². The van der Waals surface area contributed by atoms with Gasteiger partial charge in [-0.25, -0.2) is 4.39 Å². The molecule has 156 valence electrons. The van der Waals surface area contributed by atoms with Crippen molar-refractivity contribution < 1.29 is 31.8 Å². The van der Waals surface area contributed by atoms with Crippen LogP contribution in [-0.2, 0) is 22.2 Å². The molecule has 2 atom stereocenters. The second-order valence-corrected chi connectivity index (χ2v) is 7.29. The van der Waals surface area contributed by atoms with Crippen LogP contribution >= 0.6 is 0 Å². The summed E-state index contributed by atoms with van der Waals surface area (Å²) in [7, 11) is 0. The van der Waals surface area contributed by atoms with Crippen molar-refractivity contribution in [3.63, 3.8) is 0 Å². The highest BCUT2D eigenvalue weighted by molar-refractivity contribution is 5.29. The van der Waals surface area contributed by atoms with E-state index in [4.69, 9.17) is 14.2 Å². The van der Waals surface area contributed by atoms with Gasteiger partial charge in [-0.05, 0) is 35.9 Å². The number of ether oxygens (including phenoxy) is 3. The molecule has 2 aromatic carbocycles. The normalized spacial score (nSPS) is 23.6. The average Bonchev–Trinajstić information content (AvgIpc) is 2.97. The minimum Gasteiger partial charge on any atom is -0.486 e. The zero-order chi connectivity index (χ0) is 20.4. The predicted octanol–water partition coefficient (Wildman–Crippen LogP) is 3.89. The molecule has 2 saturated heterocycles. The third-order valence-electron chi connectivity index (χ3n) is 5.12. The third-order valence-corrected chi connectivity index (χ3v) is 5.12. The van der Waals surface area contributed by atoms with Crippen molar-refractivity contribution in [3.8, 4) is 5.75 Å². The molecule has 2 heterocycles. The van der Waals surface area contributed by atoms with Crippen LogP contribution in [0, 0.1) is 5.82 Å². The standard InChI is InChI=1S/C21H21F4NO3/c22-15-5-7-16(8-6-15)29-17-12-27-19-10-26(11-20(19)28-13-17)9-14-3-1-2-4-18(14)21(23,24)25/h1-8,17,19-20H,9-13H2/t19-,20-/m0/s1. The Labute approximate surface area is 166 Å². The summed E-state index contributed by atoms with van der Waals surface area (Å²) in [6, 6.07) is 11.3. The van der Waals surface area contributed by atoms with Crippen LogP contribution in [0.3, 0.4) is 0 Å². The molecular weight excluding hydrogens is 390 g/mol. The van der Waals surface area contributed by atoms with Crippen molar-refractivity contribution in [2.75, 3.05) is 26.3 Å². The molecule has 2 fully saturated rings. The molecule has 4 nitrogen and oxygen atoms in total. The number of likely N-dealkylation sites (tertiary alicyclic amines) is 1. The molecule has 0 aliphatic carbocycles. The van der Waals surface area contributed by atoms with Crippen molar-refractivity contribution in [1.82, 2.24) is 4.90 Å². The van der Waals surface area contributed by atoms with E-state index in [0.29, 0.717) is 32.1 Å². The highest BCUT2D eigenvalue weighted by Crippen LogP contribution is 2.33. The first-order valence-electron chi connectivity index (χ1n) is 9.41. The molecule has 4 rings (SSSR count). The van der Waals surface area contributed by atoms with E-state index >= 15 is 0 Å². The molecule has 0 radical (unpaired) electrons. The zero-order valence-electron chi connectivity index (χ0n) is 15.6. The van der Waals surface area contributed by atoms with Crippen LogP contribution in [-0.4, -0.2) is 49.5 Å². The number of hydrogen-bond donors (Lipinski definition) is 0. The number of hydrogen-bond acceptors (Lipinski definition) is 4. The fourth-order valence-corrected chi connectivity index (χ4v) is 3.73. The molecule has 0 N–H and O–H groups in total. The number of nitrogens with zero attached hydrogens (tertiary/aromatic N) is 1. The van der Waals surface area contributed by atoms with Crippen LogP contribution in [0.15, 0.2) is 48.5 Å². The maximum Gasteiger partial charge on any atom is 0.416 e. The topological polar surface area (TPSA) is 30.9 Å². The number of fused-ring (bicyclic) bond motifs is 1. The summed E-state index contributed by atoms with van der Waals surface area (Å²) in [5.41, 5.74) is -0.365. The van der Waals surface area contributed by atoms with Crippen LogP contribution < -0.4 is 4.74 Å². The van der Waals surface area contributed by atoms with Crippen LogP contribution in [0.2, 0.25) is 0 Å². The minimum absolute atomic E-state index is 0.185. The lowest BCUT2D eigenvalue weighted by molar-refractivity contribution is -0.138. The fourth-order valence-electron chi connectivity index (χ4n) is 3.73. The van der Waals surface area contributed by atoms with Gasteiger partial charge in [-0.2, -0.15) is 13.2 Å². The minimum atomic E-state index is -4.38. The van der Waals surface area contributed by atoms with Crippen molar-refractivity contribution >= 4 is 0 Å². The van der Waals surface area contributed by atoms with Crippen LogP contribution in [0.1, 0.15) is 11.1 Å². The molecule has 0 saturated carbocycles. The number of benzene rings is 2. The maximum atomic E-state index is 13.2. The summed E-state index contributed by atoms with van der Waals surface area (Å²) < 4.78 is 70.2. The van der Waals surface area contributed by atoms with Crippen molar-refractivity contribution in [2.24, 2.45) is 0 Å². The molecule has 0 bridgehead atoms. The fraction of sp³-hybridized carbons (Fsp3) is 0.429. The van der Waals surface area contributed by atoms with E-state index < -0.39 is 11.7 Å². The first-order valence-corrected chi connectivity index (χ1v) is 9.41. The van der Waals surface area contributed by atoms with Crippen LogP contribution in [0.25, 0.3) is 0 Å². The average molecular weight is 411 g/mol. The molecular formula is C21H21F4NO3. The first kappa shape index (κ1) is 20.1. The smallest absolute Gasteiger partial charge is 0.416 e. The number of alkyl halides is 3. The SMILES string of the molecule is Fc1ccc(OC2CO[C@H]3CN(Cc4ccccc4C(F)(F)F)C[C@@H]3OC2)cc1. The molecule has 0 spiro atoms. The lowest BCUT2D eigenvalue weighted by Gasteiger charge is -2.21. The maximum absolute atomic E-state index is 13.2. The molecule has 0 aromatic heterocycles. The second-order valence-electron chi connectivity index (χ2n) is 7.29. The van der Waals surface area contributed by atoms with Gasteiger partial charge in [0.1, 0.15) is 17.7 Å². The Morgan fingerprint density at radius 1 is 0.931 bits per heavy atom. The molecule has 2 aromatic rings. The molecule has 2 aliphatic heterocycles. The number of rotatable bonds is 4. The molecule has 29 heavy (non-hydrogen) atoms. The van der Waals surface area contributed by atoms with Gasteiger partial charge in [-0.1, -0.05) is 18.2 Å². The molecule has 0 amide bonds. The highest BCUT2D eigenvalue weighted by atomic mass is 19.4. The number of halogens is 4. The van der Waals surface area contributed by atoms with E-state index in [0.717, 1.165) is 6.07 Å². The van der Waals surface area contributed by atoms with Crippen LogP contribution in [0.4, 0.5) is 17.6 Å². The van der Waals surface area contributed by atoms with Gasteiger partial charge in [-0.15, -0.1) is 0 Å². The summed E-state index contributed by atoms with van der Waals surface area (Å²) in [6.45, 7) is 1.75. The van der Waals surface area contributed by atoms with E-state index in [1.54, 1.807) is 18.2 Å². The van der Waals surface area contributed by atoms with Gasteiger partial charge >= 0.3 is 6.18 Å². The Balaban J connectivity index is 1.34. The lowest BCUT2D eigenvalue weighted by Crippen LogP contribution is -2.29. The van der Waals surface area contributed by atoms with Gasteiger partial charge in [0.15, 0.2) is 0 Å². The van der Waals surface area contributed by atoms with Gasteiger partial charge < -0.3 is 14.2 Å². The quantitative estimate of drug-likeness (QED) is 0.715. The zero-order valence-corrected chi connectivity index (χ0v) is 15.6. The Morgan fingerprint density at radius 3 is 2.17 bits per heavy atom. The Morgan fingerprint density at radius 2 is 1.55 bits per heavy atom. The highest BCUT2D eigenvalue weighted by Gasteiger charge is 2.39. The van der Waals surface area contributed by atoms with Gasteiger partial charge in [0.2, 0.25) is 0 Å². The Kier molecular flexibility index (Phi) is 5.76. The largest absolute Gasteiger partial charge is 0.486 e. The van der Waals surface area contributed by atoms with E-state index in [2.05, 4.69) is 0 Å². The van der Waals surface area contributed by atoms with E-state index in [1.165, 1.54) is 24.3 Å². The van der Waals surface area contributed by atoms with Gasteiger partial charge in [0.25, 0.3) is 0 Å². The monoisotopic (exact) mass is 411 g/mol. The summed E-state index contributed by atoms with van der Waals surface area (Å²) in [6.07, 6.45) is -5.16. The van der Waals surface area contributed by atoms with Crippen LogP contribution in [0.5, 0.6) is 5.75 Å². The summed E-state index contributed by atoms with van der Waals surface area (Å²) >= 11 is 0. The Hall–Kier alpha value is -2.16. The molecule has 2 aliphatic rings. The van der Waals surface area contributed by atoms with E-state index in [1.807, 2.05) is 4.90 Å². The van der Waals surface area contributed by atoms with E-state index in [9.17, 15) is 17.6 Å². The molecule has 8 heteroatoms. The van der Waals surface area contributed by atoms with Gasteiger partial charge in [0, 0.05) is 19.6 Å². The summed E-state index contributed by atoms with van der Waals surface area (Å²) in [5.74, 6) is 0.188. The van der Waals surface area contributed by atoms with Crippen molar-refractivity contribution in [2.45, 2.75) is 31.0 Å². The third kappa shape index (κ3) is 4.88.